The molecule has 5 heteroatoms. The van der Waals surface area contributed by atoms with Gasteiger partial charge in [0.25, 0.3) is 0 Å². The van der Waals surface area contributed by atoms with Crippen molar-refractivity contribution >= 4 is 23.7 Å². The van der Waals surface area contributed by atoms with Crippen molar-refractivity contribution < 1.29 is 14.7 Å². The summed E-state index contributed by atoms with van der Waals surface area (Å²) in [5, 5.41) is 7.10. The molecule has 1 unspecified atom stereocenters. The molecular weight excluding hydrogens is 158 g/mol. The largest absolute Gasteiger partial charge is 0.394 e. The Morgan fingerprint density at radius 2 is 2.30 bits per heavy atom. The molecule has 0 aliphatic carbocycles. The summed E-state index contributed by atoms with van der Waals surface area (Å²) in [6.45, 7) is -0.490. The zero-order chi connectivity index (χ0) is 8.15. The van der Waals surface area contributed by atoms with Crippen molar-refractivity contribution in [3.63, 3.8) is 0 Å². The molecule has 10 heavy (non-hydrogen) atoms. The van der Waals surface area contributed by atoms with Crippen molar-refractivity contribution in [1.29, 1.82) is 0 Å². The number of Topliss-reactive ketones (excluding diaryl/α,β-unsaturated/α-hetero) is 1. The van der Waals surface area contributed by atoms with Gasteiger partial charge in [0, 0.05) is 0 Å². The summed E-state index contributed by atoms with van der Waals surface area (Å²) in [6.07, 6.45) is 0.277. The van der Waals surface area contributed by atoms with E-state index < -0.39 is 23.8 Å². The van der Waals surface area contributed by atoms with Crippen LogP contribution in [0.3, 0.4) is 0 Å². The molecule has 0 saturated heterocycles. The molecule has 0 heterocycles. The molecule has 0 aliphatic heterocycles. The lowest BCUT2D eigenvalue weighted by molar-refractivity contribution is -0.123. The Morgan fingerprint density at radius 1 is 1.80 bits per heavy atom. The summed E-state index contributed by atoms with van der Waals surface area (Å²) < 4.78 is 0. The van der Waals surface area contributed by atoms with Gasteiger partial charge in [0.05, 0.1) is 12.6 Å². The average molecular weight is 166 g/mol. The van der Waals surface area contributed by atoms with E-state index in [-0.39, 0.29) is 6.29 Å². The van der Waals surface area contributed by atoms with E-state index in [1.54, 1.807) is 0 Å². The lowest BCUT2D eigenvalue weighted by Crippen LogP contribution is -2.39. The number of aliphatic hydroxyl groups excluding tert-OH is 1. The van der Waals surface area contributed by atoms with E-state index >= 15 is 0 Å². The number of hydrogen-bond acceptors (Lipinski definition) is 4. The van der Waals surface area contributed by atoms with Crippen molar-refractivity contribution in [2.45, 2.75) is 11.4 Å². The number of carbonyl (C=O) groups excluding carboxylic acids is 2. The van der Waals surface area contributed by atoms with Crippen LogP contribution in [0.4, 0.5) is 0 Å². The molecule has 0 fully saturated rings. The molecule has 0 spiro atoms. The highest BCUT2D eigenvalue weighted by molar-refractivity contribution is 6.39. The van der Waals surface area contributed by atoms with Gasteiger partial charge >= 0.3 is 0 Å². The first-order chi connectivity index (χ1) is 4.63. The van der Waals surface area contributed by atoms with Gasteiger partial charge in [0.15, 0.2) is 5.78 Å². The van der Waals surface area contributed by atoms with Crippen molar-refractivity contribution in [2.75, 3.05) is 6.61 Å². The second kappa shape index (κ2) is 4.38. The van der Waals surface area contributed by atoms with Crippen LogP contribution in [0.1, 0.15) is 0 Å². The van der Waals surface area contributed by atoms with Crippen LogP contribution in [-0.2, 0) is 9.59 Å². The number of carbonyl (C=O) groups is 2. The van der Waals surface area contributed by atoms with Gasteiger partial charge in [-0.3, -0.25) is 4.79 Å². The Labute approximate surface area is 63.0 Å². The van der Waals surface area contributed by atoms with E-state index in [0.29, 0.717) is 0 Å². The summed E-state index contributed by atoms with van der Waals surface area (Å²) in [5.41, 5.74) is 5.05. The molecule has 0 rings (SSSR count). The Balaban J connectivity index is 3.93. The number of ketones is 1. The molecule has 0 amide bonds. The molecule has 0 aromatic rings. The fourth-order valence-corrected chi connectivity index (χ4v) is 0.523. The van der Waals surface area contributed by atoms with Crippen molar-refractivity contribution in [3.05, 3.63) is 0 Å². The van der Waals surface area contributed by atoms with E-state index in [2.05, 4.69) is 0 Å². The molecule has 0 aromatic heterocycles. The maximum absolute atomic E-state index is 10.7. The highest BCUT2D eigenvalue weighted by Gasteiger charge is 2.20. The minimum atomic E-state index is -1.23. The lowest BCUT2D eigenvalue weighted by atomic mass is 10.1. The Morgan fingerprint density at radius 3 is 2.60 bits per heavy atom. The summed E-state index contributed by atoms with van der Waals surface area (Å²) in [4.78, 5) is 20.5. The number of hydrogen-bond donors (Lipinski definition) is 2. The summed E-state index contributed by atoms with van der Waals surface area (Å²) in [6, 6.07) is -1.05. The second-order valence-electron chi connectivity index (χ2n) is 1.73. The molecule has 0 saturated carbocycles. The third-order valence-corrected chi connectivity index (χ3v) is 1.27. The number of rotatable bonds is 4. The Bertz CT molecular complexity index is 139. The molecule has 0 bridgehead atoms. The summed E-state index contributed by atoms with van der Waals surface area (Å²) in [7, 11) is 0. The molecule has 58 valence electrons. The smallest absolute Gasteiger partial charge is 0.176 e. The average Bonchev–Trinajstić information content (AvgIpc) is 2.00. The molecule has 4 nitrogen and oxygen atoms in total. The van der Waals surface area contributed by atoms with Crippen molar-refractivity contribution in [2.24, 2.45) is 5.73 Å². The molecular formula is C5H8ClNO3. The van der Waals surface area contributed by atoms with Gasteiger partial charge in [0.2, 0.25) is 0 Å². The van der Waals surface area contributed by atoms with Crippen LogP contribution in [0, 0.1) is 0 Å². The molecule has 3 N–H and O–H groups in total. The third kappa shape index (κ3) is 2.43. The number of aldehydes is 1. The van der Waals surface area contributed by atoms with E-state index in [1.807, 2.05) is 0 Å². The summed E-state index contributed by atoms with van der Waals surface area (Å²) >= 11 is 5.18. The standard InChI is InChI=1S/C5H8ClNO3/c6-3(1-8)5(10)4(7)2-9/h1,3-4,9H,2,7H2/t3?,4-/m0/s1. The first-order valence-corrected chi connectivity index (χ1v) is 3.06. The molecule has 0 radical (unpaired) electrons. The van der Waals surface area contributed by atoms with Crippen molar-refractivity contribution in [1.82, 2.24) is 0 Å². The predicted molar refractivity (Wildman–Crippen MR) is 35.8 cm³/mol. The van der Waals surface area contributed by atoms with E-state index in [4.69, 9.17) is 22.4 Å². The zero-order valence-corrected chi connectivity index (χ0v) is 5.91. The monoisotopic (exact) mass is 165 g/mol. The number of halogens is 1. The topological polar surface area (TPSA) is 80.4 Å². The number of aliphatic hydroxyl groups is 1. The molecule has 0 aromatic carbocycles. The van der Waals surface area contributed by atoms with Crippen molar-refractivity contribution in [3.8, 4) is 0 Å². The Kier molecular flexibility index (Phi) is 4.18. The first-order valence-electron chi connectivity index (χ1n) is 2.63. The van der Waals surface area contributed by atoms with Crippen LogP contribution >= 0.6 is 11.6 Å². The van der Waals surface area contributed by atoms with Gasteiger partial charge in [-0.1, -0.05) is 0 Å². The highest BCUT2D eigenvalue weighted by atomic mass is 35.5. The van der Waals surface area contributed by atoms with Gasteiger partial charge in [-0.2, -0.15) is 0 Å². The fraction of sp³-hybridized carbons (Fsp3) is 0.600. The van der Waals surface area contributed by atoms with E-state index in [9.17, 15) is 9.59 Å². The minimum absolute atomic E-state index is 0.277. The molecule has 2 atom stereocenters. The first kappa shape index (κ1) is 9.55. The number of nitrogens with two attached hydrogens (primary N) is 1. The van der Waals surface area contributed by atoms with Gasteiger partial charge in [-0.25, -0.2) is 0 Å². The fourth-order valence-electron chi connectivity index (χ4n) is 0.362. The van der Waals surface area contributed by atoms with E-state index in [1.165, 1.54) is 0 Å². The van der Waals surface area contributed by atoms with Gasteiger partial charge in [-0.05, 0) is 0 Å². The van der Waals surface area contributed by atoms with Crippen LogP contribution in [0.25, 0.3) is 0 Å². The quantitative estimate of drug-likeness (QED) is 0.308. The van der Waals surface area contributed by atoms with Gasteiger partial charge < -0.3 is 15.6 Å². The lowest BCUT2D eigenvalue weighted by Gasteiger charge is -2.06. The van der Waals surface area contributed by atoms with Crippen LogP contribution in [0.2, 0.25) is 0 Å². The maximum Gasteiger partial charge on any atom is 0.176 e. The predicted octanol–water partition coefficient (Wildman–Crippen LogP) is -1.32. The Hall–Kier alpha value is -0.450. The van der Waals surface area contributed by atoms with Crippen LogP contribution in [-0.4, -0.2) is 35.2 Å². The highest BCUT2D eigenvalue weighted by Crippen LogP contribution is 1.95. The SMILES string of the molecule is N[C@@H](CO)C(=O)C(Cl)C=O. The van der Waals surface area contributed by atoms with Gasteiger partial charge in [0.1, 0.15) is 11.7 Å². The number of alkyl halides is 1. The van der Waals surface area contributed by atoms with Crippen LogP contribution in [0.5, 0.6) is 0 Å². The minimum Gasteiger partial charge on any atom is -0.394 e. The second-order valence-corrected chi connectivity index (χ2v) is 2.20. The maximum atomic E-state index is 10.7. The van der Waals surface area contributed by atoms with E-state index in [0.717, 1.165) is 0 Å². The summed E-state index contributed by atoms with van der Waals surface area (Å²) in [5.74, 6) is -0.654. The third-order valence-electron chi connectivity index (χ3n) is 0.953. The normalized spacial score (nSPS) is 15.9. The molecule has 0 aliphatic rings. The van der Waals surface area contributed by atoms with Crippen LogP contribution in [0.15, 0.2) is 0 Å². The van der Waals surface area contributed by atoms with Crippen LogP contribution < -0.4 is 5.73 Å². The van der Waals surface area contributed by atoms with Gasteiger partial charge in [-0.15, -0.1) is 11.6 Å². The zero-order valence-electron chi connectivity index (χ0n) is 5.16.